The van der Waals surface area contributed by atoms with Gasteiger partial charge in [0, 0.05) is 11.1 Å². The Morgan fingerprint density at radius 3 is 1.56 bits per heavy atom. The van der Waals surface area contributed by atoms with E-state index in [2.05, 4.69) is 0 Å². The maximum absolute atomic E-state index is 11.9. The van der Waals surface area contributed by atoms with Gasteiger partial charge in [-0.15, -0.1) is 22.7 Å². The van der Waals surface area contributed by atoms with E-state index >= 15 is 0 Å². The number of carbonyl (C=O) groups excluding carboxylic acids is 2. The van der Waals surface area contributed by atoms with Gasteiger partial charge in [0.1, 0.15) is 0 Å². The summed E-state index contributed by atoms with van der Waals surface area (Å²) in [5, 5.41) is 0. The molecule has 2 aromatic rings. The Hall–Kier alpha value is -1.13. The Kier molecular flexibility index (Phi) is 2.00. The molecule has 6 heteroatoms. The zero-order valence-electron chi connectivity index (χ0n) is 8.79. The van der Waals surface area contributed by atoms with Crippen molar-refractivity contribution in [3.63, 3.8) is 0 Å². The minimum atomic E-state index is -0.357. The van der Waals surface area contributed by atoms with Crippen molar-refractivity contribution in [1.82, 2.24) is 0 Å². The minimum Gasteiger partial charge on any atom is -0.285 e. The van der Waals surface area contributed by atoms with E-state index in [9.17, 15) is 9.59 Å². The molecule has 0 saturated heterocycles. The second-order valence-electron chi connectivity index (χ2n) is 3.86. The summed E-state index contributed by atoms with van der Waals surface area (Å²) >= 11 is 3.18. The summed E-state index contributed by atoms with van der Waals surface area (Å²) < 4.78 is 2.15. The maximum atomic E-state index is 11.9. The van der Waals surface area contributed by atoms with Crippen molar-refractivity contribution in [2.45, 2.75) is 0 Å². The molecule has 0 N–H and O–H groups in total. The van der Waals surface area contributed by atoms with Crippen molar-refractivity contribution in [3.05, 3.63) is 23.3 Å². The van der Waals surface area contributed by atoms with Gasteiger partial charge in [-0.05, 0) is 21.7 Å². The lowest BCUT2D eigenvalue weighted by atomic mass is 9.92. The second-order valence-corrected chi connectivity index (χ2v) is 6.37. The van der Waals surface area contributed by atoms with Gasteiger partial charge < -0.3 is 0 Å². The van der Waals surface area contributed by atoms with Gasteiger partial charge >= 0.3 is 0 Å². The third-order valence-corrected chi connectivity index (χ3v) is 4.88. The fraction of sp³-hybridized carbons (Fsp3) is 0. The smallest absolute Gasteiger partial charge is 0.235 e. The van der Waals surface area contributed by atoms with Crippen molar-refractivity contribution in [2.24, 2.45) is 0 Å². The highest BCUT2D eigenvalue weighted by molar-refractivity contribution is 7.30. The predicted octanol–water partition coefficient (Wildman–Crippen LogP) is -0.628. The van der Waals surface area contributed by atoms with Gasteiger partial charge in [-0.3, -0.25) is 9.59 Å². The number of thiophene rings is 2. The van der Waals surface area contributed by atoms with Crippen LogP contribution in [0, 0.1) is 0 Å². The number of ketones is 2. The topological polar surface area (TPSA) is 34.1 Å². The number of hydrogen-bond donors (Lipinski definition) is 0. The third kappa shape index (κ3) is 1.20. The molecule has 2 nitrogen and oxygen atoms in total. The SMILES string of the molecule is Bc1cc2c(s1)-c1sc(B)cc1C(=O)C2=O. The Labute approximate surface area is 102 Å². The van der Waals surface area contributed by atoms with E-state index in [1.807, 2.05) is 27.8 Å². The molecular formula is C10H6B2O2S2. The number of fused-ring (bicyclic) bond motifs is 3. The first-order valence-electron chi connectivity index (χ1n) is 4.88. The van der Waals surface area contributed by atoms with Gasteiger partial charge in [0.15, 0.2) is 15.7 Å². The standard InChI is InChI=1S/C10H6B2O2S2/c11-5-1-3-7(13)8(14)4-2-6(12)16-10(4)9(3)15-5/h1-2H,11-12H2. The highest BCUT2D eigenvalue weighted by atomic mass is 32.1. The molecule has 0 spiro atoms. The number of hydrogen-bond acceptors (Lipinski definition) is 4. The van der Waals surface area contributed by atoms with Crippen LogP contribution in [0.25, 0.3) is 9.75 Å². The average Bonchev–Trinajstić information content (AvgIpc) is 2.78. The first-order chi connectivity index (χ1) is 7.58. The normalized spacial score (nSPS) is 13.8. The zero-order chi connectivity index (χ0) is 11.4. The molecule has 0 amide bonds. The number of carbonyl (C=O) groups is 2. The molecule has 76 valence electrons. The van der Waals surface area contributed by atoms with Crippen LogP contribution in [0.5, 0.6) is 0 Å². The van der Waals surface area contributed by atoms with Gasteiger partial charge in [0.05, 0.1) is 9.75 Å². The summed E-state index contributed by atoms with van der Waals surface area (Å²) in [4.78, 5) is 25.7. The molecule has 0 bridgehead atoms. The first kappa shape index (κ1) is 10.1. The molecule has 0 aliphatic heterocycles. The Balaban J connectivity index is 2.40. The van der Waals surface area contributed by atoms with Crippen LogP contribution in [0.4, 0.5) is 0 Å². The van der Waals surface area contributed by atoms with Crippen LogP contribution in [-0.4, -0.2) is 27.3 Å². The van der Waals surface area contributed by atoms with Crippen LogP contribution in [0.2, 0.25) is 0 Å². The van der Waals surface area contributed by atoms with E-state index in [-0.39, 0.29) is 11.6 Å². The lowest BCUT2D eigenvalue weighted by molar-refractivity contribution is 0.0816. The summed E-state index contributed by atoms with van der Waals surface area (Å²) in [5.41, 5.74) is 1.17. The Morgan fingerprint density at radius 1 is 0.812 bits per heavy atom. The molecule has 0 fully saturated rings. The van der Waals surface area contributed by atoms with Crippen molar-refractivity contribution in [3.8, 4) is 9.75 Å². The molecule has 0 atom stereocenters. The number of rotatable bonds is 0. The van der Waals surface area contributed by atoms with E-state index in [4.69, 9.17) is 0 Å². The van der Waals surface area contributed by atoms with Crippen LogP contribution in [0.15, 0.2) is 12.1 Å². The minimum absolute atomic E-state index is 0.357. The molecule has 3 rings (SSSR count). The molecule has 0 radical (unpaired) electrons. The molecular weight excluding hydrogens is 238 g/mol. The molecule has 0 aromatic carbocycles. The maximum Gasteiger partial charge on any atom is 0.235 e. The van der Waals surface area contributed by atoms with Crippen molar-refractivity contribution >= 4 is 59.5 Å². The fourth-order valence-corrected chi connectivity index (χ4v) is 4.12. The van der Waals surface area contributed by atoms with Crippen LogP contribution in [0.1, 0.15) is 20.7 Å². The second kappa shape index (κ2) is 3.18. The van der Waals surface area contributed by atoms with Crippen LogP contribution in [0.3, 0.4) is 0 Å². The monoisotopic (exact) mass is 244 g/mol. The Bertz CT molecular complexity index is 583. The zero-order valence-corrected chi connectivity index (χ0v) is 10.4. The summed E-state index contributed by atoms with van der Waals surface area (Å²) in [6.45, 7) is 0. The fourth-order valence-electron chi connectivity index (χ4n) is 1.95. The number of Topliss-reactive ketones (excluding diaryl/α,β-unsaturated/α-hetero) is 2. The summed E-state index contributed by atoms with van der Waals surface area (Å²) in [7, 11) is 3.92. The molecule has 2 heterocycles. The highest BCUT2D eigenvalue weighted by Gasteiger charge is 2.33. The van der Waals surface area contributed by atoms with E-state index in [1.165, 1.54) is 0 Å². The largest absolute Gasteiger partial charge is 0.285 e. The summed E-state index contributed by atoms with van der Waals surface area (Å²) in [5.74, 6) is -0.714. The van der Waals surface area contributed by atoms with E-state index < -0.39 is 0 Å². The van der Waals surface area contributed by atoms with Crippen LogP contribution < -0.4 is 9.55 Å². The Morgan fingerprint density at radius 2 is 1.19 bits per heavy atom. The van der Waals surface area contributed by atoms with Crippen LogP contribution in [-0.2, 0) is 0 Å². The quantitative estimate of drug-likeness (QED) is 0.456. The van der Waals surface area contributed by atoms with Gasteiger partial charge in [-0.25, -0.2) is 0 Å². The molecule has 2 aromatic heterocycles. The molecule has 16 heavy (non-hydrogen) atoms. The third-order valence-electron chi connectivity index (χ3n) is 2.61. The first-order valence-corrected chi connectivity index (χ1v) is 6.51. The van der Waals surface area contributed by atoms with Crippen molar-refractivity contribution in [1.29, 1.82) is 0 Å². The predicted molar refractivity (Wildman–Crippen MR) is 72.6 cm³/mol. The highest BCUT2D eigenvalue weighted by Crippen LogP contribution is 2.38. The van der Waals surface area contributed by atoms with Crippen LogP contribution >= 0.6 is 22.7 Å². The van der Waals surface area contributed by atoms with Gasteiger partial charge in [-0.2, -0.15) is 0 Å². The van der Waals surface area contributed by atoms with Crippen molar-refractivity contribution in [2.75, 3.05) is 0 Å². The van der Waals surface area contributed by atoms with Gasteiger partial charge in [0.25, 0.3) is 0 Å². The summed E-state index contributed by atoms with van der Waals surface area (Å²) in [6.07, 6.45) is 0. The van der Waals surface area contributed by atoms with Crippen molar-refractivity contribution < 1.29 is 9.59 Å². The lowest BCUT2D eigenvalue weighted by Crippen LogP contribution is -2.18. The molecule has 0 unspecified atom stereocenters. The van der Waals surface area contributed by atoms with E-state index in [0.717, 1.165) is 19.3 Å². The average molecular weight is 244 g/mol. The van der Waals surface area contributed by atoms with E-state index in [0.29, 0.717) is 11.1 Å². The summed E-state index contributed by atoms with van der Waals surface area (Å²) in [6, 6.07) is 3.64. The lowest BCUT2D eigenvalue weighted by Gasteiger charge is -2.08. The molecule has 1 aliphatic rings. The molecule has 1 aliphatic carbocycles. The van der Waals surface area contributed by atoms with E-state index in [1.54, 1.807) is 22.7 Å². The molecule has 0 saturated carbocycles. The van der Waals surface area contributed by atoms with Gasteiger partial charge in [0.2, 0.25) is 11.6 Å². The van der Waals surface area contributed by atoms with Gasteiger partial charge in [-0.1, -0.05) is 0 Å².